The number of carboxylic acid groups (broad SMARTS) is 1. The summed E-state index contributed by atoms with van der Waals surface area (Å²) in [5.41, 5.74) is 0. The minimum Gasteiger partial charge on any atom is -0.481 e. The first-order chi connectivity index (χ1) is 7.27. The molecule has 2 nitrogen and oxygen atoms in total. The smallest absolute Gasteiger partial charge is 0.303 e. The average Bonchev–Trinajstić information content (AvgIpc) is 2.20. The van der Waals surface area contributed by atoms with E-state index in [9.17, 15) is 4.79 Å². The van der Waals surface area contributed by atoms with Crippen LogP contribution in [0.1, 0.15) is 51.9 Å². The highest BCUT2D eigenvalue weighted by Crippen LogP contribution is 2.00. The van der Waals surface area contributed by atoms with Gasteiger partial charge < -0.3 is 5.11 Å². The van der Waals surface area contributed by atoms with E-state index < -0.39 is 5.97 Å². The van der Waals surface area contributed by atoms with Crippen molar-refractivity contribution in [1.29, 1.82) is 0 Å². The second-order valence-electron chi connectivity index (χ2n) is 3.64. The molecule has 1 N–H and O–H groups in total. The van der Waals surface area contributed by atoms with Crippen LogP contribution in [0.2, 0.25) is 0 Å². The third-order valence-electron chi connectivity index (χ3n) is 2.12. The molecular formula is C13H22O2. The molecule has 0 radical (unpaired) electrons. The molecule has 0 aliphatic heterocycles. The predicted molar refractivity (Wildman–Crippen MR) is 63.9 cm³/mol. The first kappa shape index (κ1) is 13.9. The van der Waals surface area contributed by atoms with Gasteiger partial charge in [-0.2, -0.15) is 0 Å². The Morgan fingerprint density at radius 2 is 1.67 bits per heavy atom. The van der Waals surface area contributed by atoms with Crippen LogP contribution in [0.3, 0.4) is 0 Å². The molecule has 0 aromatic rings. The summed E-state index contributed by atoms with van der Waals surface area (Å²) in [6, 6.07) is 0. The average molecular weight is 210 g/mol. The lowest BCUT2D eigenvalue weighted by molar-refractivity contribution is -0.137. The Morgan fingerprint density at radius 3 is 2.20 bits per heavy atom. The van der Waals surface area contributed by atoms with Gasteiger partial charge in [-0.15, -0.1) is 0 Å². The molecular weight excluding hydrogens is 188 g/mol. The van der Waals surface area contributed by atoms with Gasteiger partial charge in [-0.05, 0) is 25.7 Å². The third-order valence-corrected chi connectivity index (χ3v) is 2.12. The summed E-state index contributed by atoms with van der Waals surface area (Å²) in [5.74, 6) is -0.710. The summed E-state index contributed by atoms with van der Waals surface area (Å²) in [6.45, 7) is 2.20. The van der Waals surface area contributed by atoms with Gasteiger partial charge >= 0.3 is 5.97 Å². The van der Waals surface area contributed by atoms with Crippen LogP contribution in [-0.4, -0.2) is 11.1 Å². The van der Waals surface area contributed by atoms with Crippen LogP contribution in [0.15, 0.2) is 24.3 Å². The molecule has 0 fully saturated rings. The van der Waals surface area contributed by atoms with Gasteiger partial charge in [-0.3, -0.25) is 4.79 Å². The van der Waals surface area contributed by atoms with Crippen LogP contribution in [-0.2, 0) is 4.79 Å². The van der Waals surface area contributed by atoms with Crippen LogP contribution in [0.4, 0.5) is 0 Å². The Hall–Kier alpha value is -1.05. The van der Waals surface area contributed by atoms with E-state index in [2.05, 4.69) is 19.1 Å². The van der Waals surface area contributed by atoms with Crippen molar-refractivity contribution in [1.82, 2.24) is 0 Å². The predicted octanol–water partition coefficient (Wildman–Crippen LogP) is 3.93. The molecule has 0 heterocycles. The Bertz CT molecular complexity index is 205. The number of carboxylic acids is 1. The highest BCUT2D eigenvalue weighted by atomic mass is 16.4. The van der Waals surface area contributed by atoms with E-state index in [1.807, 2.05) is 12.2 Å². The van der Waals surface area contributed by atoms with Gasteiger partial charge in [0.1, 0.15) is 0 Å². The molecule has 0 atom stereocenters. The van der Waals surface area contributed by atoms with Crippen molar-refractivity contribution < 1.29 is 9.90 Å². The molecule has 0 amide bonds. The Labute approximate surface area is 92.7 Å². The molecule has 2 heteroatoms. The lowest BCUT2D eigenvalue weighted by Crippen LogP contribution is -1.92. The molecule has 0 bridgehead atoms. The summed E-state index contributed by atoms with van der Waals surface area (Å²) in [7, 11) is 0. The summed E-state index contributed by atoms with van der Waals surface area (Å²) in [5, 5.41) is 8.40. The van der Waals surface area contributed by atoms with Gasteiger partial charge in [0.25, 0.3) is 0 Å². The molecule has 0 aliphatic carbocycles. The monoisotopic (exact) mass is 210 g/mol. The molecule has 0 unspecified atom stereocenters. The molecule has 0 aliphatic rings. The number of hydrogen-bond acceptors (Lipinski definition) is 1. The second-order valence-corrected chi connectivity index (χ2v) is 3.64. The normalized spacial score (nSPS) is 11.5. The Kier molecular flexibility index (Phi) is 10.3. The fourth-order valence-corrected chi connectivity index (χ4v) is 1.23. The highest BCUT2D eigenvalue weighted by Gasteiger charge is 1.92. The highest BCUT2D eigenvalue weighted by molar-refractivity contribution is 5.66. The Morgan fingerprint density at radius 1 is 1.07 bits per heavy atom. The maximum atomic E-state index is 10.2. The van der Waals surface area contributed by atoms with Gasteiger partial charge in [0.05, 0.1) is 0 Å². The molecule has 86 valence electrons. The SMILES string of the molecule is CCCCCC=CC=CCCCC(=O)O. The van der Waals surface area contributed by atoms with Crippen molar-refractivity contribution >= 4 is 5.97 Å². The van der Waals surface area contributed by atoms with Gasteiger partial charge in [-0.25, -0.2) is 0 Å². The van der Waals surface area contributed by atoms with Crippen LogP contribution in [0.25, 0.3) is 0 Å². The first-order valence-corrected chi connectivity index (χ1v) is 5.80. The number of aliphatic carboxylic acids is 1. The summed E-state index contributed by atoms with van der Waals surface area (Å²) in [4.78, 5) is 10.2. The van der Waals surface area contributed by atoms with Gasteiger partial charge in [0.15, 0.2) is 0 Å². The number of allylic oxidation sites excluding steroid dienone is 4. The van der Waals surface area contributed by atoms with E-state index in [1.165, 1.54) is 19.3 Å². The van der Waals surface area contributed by atoms with Crippen LogP contribution >= 0.6 is 0 Å². The van der Waals surface area contributed by atoms with E-state index in [-0.39, 0.29) is 6.42 Å². The first-order valence-electron chi connectivity index (χ1n) is 5.80. The van der Waals surface area contributed by atoms with Crippen molar-refractivity contribution in [2.75, 3.05) is 0 Å². The summed E-state index contributed by atoms with van der Waals surface area (Å²) >= 11 is 0. The van der Waals surface area contributed by atoms with E-state index >= 15 is 0 Å². The van der Waals surface area contributed by atoms with Crippen molar-refractivity contribution in [3.8, 4) is 0 Å². The molecule has 0 aromatic carbocycles. The zero-order valence-corrected chi connectivity index (χ0v) is 9.61. The number of carbonyl (C=O) groups is 1. The van der Waals surface area contributed by atoms with Gasteiger partial charge in [0, 0.05) is 6.42 Å². The van der Waals surface area contributed by atoms with Crippen molar-refractivity contribution in [2.45, 2.75) is 51.9 Å². The molecule has 15 heavy (non-hydrogen) atoms. The number of hydrogen-bond donors (Lipinski definition) is 1. The van der Waals surface area contributed by atoms with E-state index in [0.717, 1.165) is 19.3 Å². The van der Waals surface area contributed by atoms with E-state index in [0.29, 0.717) is 0 Å². The summed E-state index contributed by atoms with van der Waals surface area (Å²) < 4.78 is 0. The maximum Gasteiger partial charge on any atom is 0.303 e. The van der Waals surface area contributed by atoms with Gasteiger partial charge in [0.2, 0.25) is 0 Å². The zero-order chi connectivity index (χ0) is 11.4. The standard InChI is InChI=1S/C13H22O2/c1-2-3-4-5-6-7-8-9-10-11-12-13(14)15/h6-9H,2-5,10-12H2,1H3,(H,14,15). The lowest BCUT2D eigenvalue weighted by Gasteiger charge is -1.90. The maximum absolute atomic E-state index is 10.2. The fraction of sp³-hybridized carbons (Fsp3) is 0.615. The lowest BCUT2D eigenvalue weighted by atomic mass is 10.2. The molecule has 0 aromatic heterocycles. The Balaban J connectivity index is 3.25. The van der Waals surface area contributed by atoms with Crippen molar-refractivity contribution in [2.24, 2.45) is 0 Å². The molecule has 0 saturated carbocycles. The molecule has 0 spiro atoms. The van der Waals surface area contributed by atoms with Crippen molar-refractivity contribution in [3.05, 3.63) is 24.3 Å². The molecule has 0 rings (SSSR count). The van der Waals surface area contributed by atoms with Crippen LogP contribution in [0, 0.1) is 0 Å². The van der Waals surface area contributed by atoms with Crippen LogP contribution < -0.4 is 0 Å². The molecule has 0 saturated heterocycles. The third kappa shape index (κ3) is 12.9. The zero-order valence-electron chi connectivity index (χ0n) is 9.61. The van der Waals surface area contributed by atoms with Crippen molar-refractivity contribution in [3.63, 3.8) is 0 Å². The number of rotatable bonds is 9. The minimum absolute atomic E-state index is 0.268. The largest absolute Gasteiger partial charge is 0.481 e. The fourth-order valence-electron chi connectivity index (χ4n) is 1.23. The van der Waals surface area contributed by atoms with Gasteiger partial charge in [-0.1, -0.05) is 44.1 Å². The van der Waals surface area contributed by atoms with E-state index in [4.69, 9.17) is 5.11 Å². The summed E-state index contributed by atoms with van der Waals surface area (Å²) in [6.07, 6.45) is 15.1. The second kappa shape index (κ2) is 11.0. The minimum atomic E-state index is -0.710. The quantitative estimate of drug-likeness (QED) is 0.462. The topological polar surface area (TPSA) is 37.3 Å². The van der Waals surface area contributed by atoms with Crippen LogP contribution in [0.5, 0.6) is 0 Å². The number of unbranched alkanes of at least 4 members (excludes halogenated alkanes) is 4. The van der Waals surface area contributed by atoms with E-state index in [1.54, 1.807) is 0 Å².